The second kappa shape index (κ2) is 12.1. The molecule has 0 saturated carbocycles. The Balaban J connectivity index is 0.000000239. The van der Waals surface area contributed by atoms with Crippen LogP contribution >= 0.6 is 0 Å². The maximum atomic E-state index is 13.1. The van der Waals surface area contributed by atoms with Gasteiger partial charge in [-0.2, -0.15) is 5.10 Å². The zero-order valence-electron chi connectivity index (χ0n) is 25.2. The molecule has 1 amide bonds. The molecule has 1 unspecified atom stereocenters. The smallest absolute Gasteiger partial charge is 0.272 e. The van der Waals surface area contributed by atoms with Crippen LogP contribution in [0.4, 0.5) is 0 Å². The minimum atomic E-state index is -0.136. The van der Waals surface area contributed by atoms with E-state index in [4.69, 9.17) is 0 Å². The highest BCUT2D eigenvalue weighted by Crippen LogP contribution is 2.41. The van der Waals surface area contributed by atoms with E-state index in [0.29, 0.717) is 11.4 Å². The van der Waals surface area contributed by atoms with Crippen LogP contribution in [-0.2, 0) is 12.8 Å². The van der Waals surface area contributed by atoms with Gasteiger partial charge in [0.25, 0.3) is 11.5 Å². The lowest BCUT2D eigenvalue weighted by Crippen LogP contribution is -2.33. The second-order valence-electron chi connectivity index (χ2n) is 12.2. The van der Waals surface area contributed by atoms with Crippen molar-refractivity contribution in [1.82, 2.24) is 15.1 Å². The van der Waals surface area contributed by atoms with Gasteiger partial charge < -0.3 is 4.90 Å². The summed E-state index contributed by atoms with van der Waals surface area (Å²) in [7, 11) is 0. The number of likely N-dealkylation sites (tertiary alicyclic amines) is 1. The van der Waals surface area contributed by atoms with Crippen molar-refractivity contribution in [3.63, 3.8) is 0 Å². The highest BCUT2D eigenvalue weighted by atomic mass is 16.2. The van der Waals surface area contributed by atoms with Crippen molar-refractivity contribution < 1.29 is 4.79 Å². The van der Waals surface area contributed by atoms with E-state index >= 15 is 0 Å². The number of aromatic nitrogens is 2. The molecule has 1 atom stereocenters. The Labute approximate surface area is 257 Å². The molecule has 1 aliphatic heterocycles. The van der Waals surface area contributed by atoms with Crippen molar-refractivity contribution in [3.05, 3.63) is 141 Å². The number of nitrogens with one attached hydrogen (secondary N) is 1. The van der Waals surface area contributed by atoms with Crippen LogP contribution in [0.2, 0.25) is 0 Å². The molecule has 5 aromatic rings. The maximum absolute atomic E-state index is 13.1. The largest absolute Gasteiger partial charge is 0.336 e. The first kappa shape index (κ1) is 28.0. The number of allylic oxidation sites excluding steroid dienone is 4. The van der Waals surface area contributed by atoms with Gasteiger partial charge in [0.1, 0.15) is 0 Å². The normalized spacial score (nSPS) is 17.3. The Kier molecular flexibility index (Phi) is 7.69. The van der Waals surface area contributed by atoms with Crippen LogP contribution in [0.3, 0.4) is 0 Å². The third-order valence-corrected chi connectivity index (χ3v) is 9.44. The topological polar surface area (TPSA) is 66.1 Å². The highest BCUT2D eigenvalue weighted by Gasteiger charge is 2.26. The summed E-state index contributed by atoms with van der Waals surface area (Å²) in [4.78, 5) is 26.2. The Bertz CT molecular complexity index is 2000. The molecule has 3 aliphatic rings. The Morgan fingerprint density at radius 2 is 1.82 bits per heavy atom. The summed E-state index contributed by atoms with van der Waals surface area (Å²) in [5.41, 5.74) is 9.30. The molecule has 8 rings (SSSR count). The summed E-state index contributed by atoms with van der Waals surface area (Å²) < 4.78 is 0. The lowest BCUT2D eigenvalue weighted by Gasteiger charge is -2.26. The van der Waals surface area contributed by atoms with Gasteiger partial charge in [-0.15, -0.1) is 0 Å². The van der Waals surface area contributed by atoms with E-state index < -0.39 is 0 Å². The molecular formula is C39H37N3O2. The fourth-order valence-corrected chi connectivity index (χ4v) is 7.19. The number of nitrogens with zero attached hydrogens (tertiary/aromatic N) is 2. The van der Waals surface area contributed by atoms with E-state index in [9.17, 15) is 9.59 Å². The van der Waals surface area contributed by atoms with Crippen LogP contribution in [-0.4, -0.2) is 33.6 Å². The third-order valence-electron chi connectivity index (χ3n) is 9.44. The first-order valence-corrected chi connectivity index (χ1v) is 15.8. The average molecular weight is 580 g/mol. The first-order chi connectivity index (χ1) is 21.6. The molecule has 4 aromatic carbocycles. The molecule has 0 spiro atoms. The van der Waals surface area contributed by atoms with E-state index in [2.05, 4.69) is 71.7 Å². The minimum absolute atomic E-state index is 0.136. The van der Waals surface area contributed by atoms with Gasteiger partial charge in [-0.3, -0.25) is 9.59 Å². The molecule has 1 fully saturated rings. The molecule has 5 heteroatoms. The standard InChI is InChI=1S/C31H31NO.C8H6N2O/c1-21-7-6-18-32(21)31(33)26-12-4-8-22(20-26)19-25-11-5-10-24-15-16-28-27-13-3-2-9-23(27)14-17-29(28)30(24)25;11-8-7-4-2-1-3-6(7)5-9-10-8/h3-5,8,10-13,15-16,20-21H,2,6-7,9,14,17-19H2,1H3;1-5H,(H,10,11). The molecule has 2 aliphatic carbocycles. The summed E-state index contributed by atoms with van der Waals surface area (Å²) in [5, 5.41) is 10.3. The van der Waals surface area contributed by atoms with Gasteiger partial charge in [0, 0.05) is 28.9 Å². The molecule has 1 N–H and O–H groups in total. The van der Waals surface area contributed by atoms with Crippen LogP contribution in [0.15, 0.2) is 108 Å². The van der Waals surface area contributed by atoms with Crippen LogP contribution in [0, 0.1) is 0 Å². The highest BCUT2D eigenvalue weighted by molar-refractivity contribution is 5.97. The van der Waals surface area contributed by atoms with Gasteiger partial charge >= 0.3 is 0 Å². The van der Waals surface area contributed by atoms with Gasteiger partial charge in [0.2, 0.25) is 0 Å². The number of rotatable bonds is 3. The van der Waals surface area contributed by atoms with E-state index in [0.717, 1.165) is 43.2 Å². The summed E-state index contributed by atoms with van der Waals surface area (Å²) in [6.45, 7) is 3.04. The first-order valence-electron chi connectivity index (χ1n) is 15.8. The van der Waals surface area contributed by atoms with Crippen molar-refractivity contribution in [2.24, 2.45) is 0 Å². The molecule has 1 saturated heterocycles. The maximum Gasteiger partial charge on any atom is 0.272 e. The number of amides is 1. The van der Waals surface area contributed by atoms with Crippen molar-refractivity contribution in [3.8, 4) is 0 Å². The summed E-state index contributed by atoms with van der Waals surface area (Å²) in [6, 6.07) is 27.3. The fraction of sp³-hybridized carbons (Fsp3) is 0.256. The monoisotopic (exact) mass is 579 g/mol. The van der Waals surface area contributed by atoms with Crippen LogP contribution in [0.25, 0.3) is 27.1 Å². The predicted molar refractivity (Wildman–Crippen MR) is 179 cm³/mol. The Morgan fingerprint density at radius 1 is 0.955 bits per heavy atom. The van der Waals surface area contributed by atoms with Crippen LogP contribution in [0.5, 0.6) is 0 Å². The van der Waals surface area contributed by atoms with E-state index in [1.165, 1.54) is 57.9 Å². The van der Waals surface area contributed by atoms with Crippen molar-refractivity contribution in [1.29, 1.82) is 0 Å². The molecular weight excluding hydrogens is 542 g/mol. The van der Waals surface area contributed by atoms with Crippen molar-refractivity contribution in [2.45, 2.75) is 57.9 Å². The third kappa shape index (κ3) is 5.39. The number of aromatic amines is 1. The van der Waals surface area contributed by atoms with Crippen molar-refractivity contribution >= 4 is 33.0 Å². The summed E-state index contributed by atoms with van der Waals surface area (Å²) >= 11 is 0. The lowest BCUT2D eigenvalue weighted by molar-refractivity contribution is 0.0747. The number of carbonyl (C=O) groups excluding carboxylic acids is 1. The molecule has 1 aromatic heterocycles. The van der Waals surface area contributed by atoms with E-state index in [1.54, 1.807) is 17.8 Å². The van der Waals surface area contributed by atoms with Gasteiger partial charge in [0.15, 0.2) is 0 Å². The van der Waals surface area contributed by atoms with Gasteiger partial charge in [-0.25, -0.2) is 5.10 Å². The number of hydrogen-bond donors (Lipinski definition) is 1. The number of aryl methyl sites for hydroxylation is 1. The fourth-order valence-electron chi connectivity index (χ4n) is 7.19. The molecule has 2 heterocycles. The number of fused-ring (bicyclic) bond motifs is 5. The van der Waals surface area contributed by atoms with E-state index in [1.807, 2.05) is 35.2 Å². The molecule has 0 bridgehead atoms. The number of hydrogen-bond acceptors (Lipinski definition) is 3. The molecule has 0 radical (unpaired) electrons. The minimum Gasteiger partial charge on any atom is -0.336 e. The number of H-pyrrole nitrogens is 1. The lowest BCUT2D eigenvalue weighted by atomic mass is 9.78. The zero-order valence-corrected chi connectivity index (χ0v) is 25.2. The van der Waals surface area contributed by atoms with Gasteiger partial charge in [-0.05, 0) is 109 Å². The SMILES string of the molecule is CC1CCCN1C(=O)c1cccc(Cc2cccc3ccc4c(c23)CCC2=C4C=CCC2)c1.O=c1[nH]ncc2ccccc12. The average Bonchev–Trinajstić information content (AvgIpc) is 3.50. The quantitative estimate of drug-likeness (QED) is 0.235. The number of benzene rings is 4. The van der Waals surface area contributed by atoms with Gasteiger partial charge in [0.05, 0.1) is 6.20 Å². The second-order valence-corrected chi connectivity index (χ2v) is 12.2. The zero-order chi connectivity index (χ0) is 30.0. The van der Waals surface area contributed by atoms with Crippen LogP contribution in [0.1, 0.15) is 71.6 Å². The molecule has 44 heavy (non-hydrogen) atoms. The predicted octanol–water partition coefficient (Wildman–Crippen LogP) is 8.03. The van der Waals surface area contributed by atoms with Gasteiger partial charge in [-0.1, -0.05) is 78.4 Å². The van der Waals surface area contributed by atoms with E-state index in [-0.39, 0.29) is 11.5 Å². The summed E-state index contributed by atoms with van der Waals surface area (Å²) in [5.74, 6) is 0.181. The molecule has 5 nitrogen and oxygen atoms in total. The molecule has 220 valence electrons. The Morgan fingerprint density at radius 3 is 2.68 bits per heavy atom. The summed E-state index contributed by atoms with van der Waals surface area (Å²) in [6.07, 6.45) is 14.1. The Hall–Kier alpha value is -4.77. The number of carbonyl (C=O) groups is 1. The van der Waals surface area contributed by atoms with Crippen molar-refractivity contribution in [2.75, 3.05) is 6.54 Å². The van der Waals surface area contributed by atoms with Crippen LogP contribution < -0.4 is 5.56 Å².